The first-order valence-electron chi connectivity index (χ1n) is 8.43. The molecule has 122 valence electrons. The number of hydrogen-bond acceptors (Lipinski definition) is 4. The van der Waals surface area contributed by atoms with Crippen molar-refractivity contribution in [3.63, 3.8) is 0 Å². The van der Waals surface area contributed by atoms with Crippen LogP contribution >= 0.6 is 0 Å². The van der Waals surface area contributed by atoms with E-state index in [1.54, 1.807) is 4.31 Å². The Hall–Kier alpha value is -0.170. The van der Waals surface area contributed by atoms with E-state index in [1.807, 2.05) is 0 Å². The minimum atomic E-state index is -3.01. The molecule has 0 radical (unpaired) electrons. The maximum absolute atomic E-state index is 11.7. The van der Waals surface area contributed by atoms with Gasteiger partial charge in [0.2, 0.25) is 10.0 Å². The summed E-state index contributed by atoms with van der Waals surface area (Å²) >= 11 is 0. The molecule has 3 atom stereocenters. The predicted octanol–water partition coefficient (Wildman–Crippen LogP) is 0.732. The van der Waals surface area contributed by atoms with Crippen molar-refractivity contribution < 1.29 is 8.42 Å². The standard InChI is InChI=1S/C15H29N3O2S/c1-21(19,20)18-8-3-4-13(11-18)10-17-9-6-15-14(12-17)5-2-7-16-15/h13-16H,2-12H2,1H3. The van der Waals surface area contributed by atoms with Crippen LogP contribution in [-0.4, -0.2) is 69.2 Å². The lowest BCUT2D eigenvalue weighted by Gasteiger charge is -2.43. The van der Waals surface area contributed by atoms with Gasteiger partial charge in [-0.05, 0) is 57.0 Å². The third kappa shape index (κ3) is 3.97. The first-order chi connectivity index (χ1) is 10.0. The normalized spacial score (nSPS) is 36.3. The summed E-state index contributed by atoms with van der Waals surface area (Å²) in [6.45, 7) is 6.07. The van der Waals surface area contributed by atoms with Gasteiger partial charge in [0.1, 0.15) is 0 Å². The molecule has 3 fully saturated rings. The van der Waals surface area contributed by atoms with E-state index in [1.165, 1.54) is 51.6 Å². The average Bonchev–Trinajstić information content (AvgIpc) is 2.46. The molecule has 21 heavy (non-hydrogen) atoms. The van der Waals surface area contributed by atoms with Crippen LogP contribution in [0.3, 0.4) is 0 Å². The van der Waals surface area contributed by atoms with Crippen LogP contribution in [0.15, 0.2) is 0 Å². The van der Waals surface area contributed by atoms with E-state index < -0.39 is 10.0 Å². The molecule has 3 unspecified atom stereocenters. The summed E-state index contributed by atoms with van der Waals surface area (Å²) in [5.74, 6) is 1.32. The highest BCUT2D eigenvalue weighted by Crippen LogP contribution is 2.27. The highest BCUT2D eigenvalue weighted by Gasteiger charge is 2.33. The number of sulfonamides is 1. The molecule has 0 amide bonds. The van der Waals surface area contributed by atoms with Crippen molar-refractivity contribution in [2.75, 3.05) is 45.5 Å². The van der Waals surface area contributed by atoms with Crippen molar-refractivity contribution in [2.24, 2.45) is 11.8 Å². The summed E-state index contributed by atoms with van der Waals surface area (Å²) in [6, 6.07) is 0.730. The van der Waals surface area contributed by atoms with E-state index in [-0.39, 0.29) is 0 Å². The monoisotopic (exact) mass is 315 g/mol. The Balaban J connectivity index is 1.52. The predicted molar refractivity (Wildman–Crippen MR) is 84.7 cm³/mol. The van der Waals surface area contributed by atoms with Crippen molar-refractivity contribution in [1.82, 2.24) is 14.5 Å². The lowest BCUT2D eigenvalue weighted by Crippen LogP contribution is -2.53. The molecule has 3 aliphatic rings. The molecule has 0 bridgehead atoms. The van der Waals surface area contributed by atoms with Crippen LogP contribution < -0.4 is 5.32 Å². The quantitative estimate of drug-likeness (QED) is 0.834. The molecule has 0 aliphatic carbocycles. The molecule has 6 heteroatoms. The van der Waals surface area contributed by atoms with Gasteiger partial charge in [0.25, 0.3) is 0 Å². The molecular formula is C15H29N3O2S. The summed E-state index contributed by atoms with van der Waals surface area (Å²) in [6.07, 6.45) is 7.45. The molecule has 5 nitrogen and oxygen atoms in total. The van der Waals surface area contributed by atoms with Crippen LogP contribution in [0.25, 0.3) is 0 Å². The Morgan fingerprint density at radius 1 is 1.10 bits per heavy atom. The molecule has 1 N–H and O–H groups in total. The molecule has 0 aromatic rings. The van der Waals surface area contributed by atoms with Crippen molar-refractivity contribution in [3.05, 3.63) is 0 Å². The zero-order valence-electron chi connectivity index (χ0n) is 13.1. The fourth-order valence-electron chi connectivity index (χ4n) is 4.33. The second-order valence-corrected chi connectivity index (χ2v) is 9.12. The third-order valence-corrected chi connectivity index (χ3v) is 6.71. The van der Waals surface area contributed by atoms with Gasteiger partial charge in [-0.15, -0.1) is 0 Å². The number of nitrogens with one attached hydrogen (secondary N) is 1. The van der Waals surface area contributed by atoms with Gasteiger partial charge < -0.3 is 10.2 Å². The Morgan fingerprint density at radius 2 is 1.95 bits per heavy atom. The summed E-state index contributed by atoms with van der Waals surface area (Å²) in [5, 5.41) is 3.66. The number of nitrogens with zero attached hydrogens (tertiary/aromatic N) is 2. The highest BCUT2D eigenvalue weighted by molar-refractivity contribution is 7.88. The first kappa shape index (κ1) is 15.7. The fourth-order valence-corrected chi connectivity index (χ4v) is 5.27. The minimum absolute atomic E-state index is 0.515. The molecule has 0 aromatic heterocycles. The summed E-state index contributed by atoms with van der Waals surface area (Å²) in [4.78, 5) is 2.59. The molecule has 3 aliphatic heterocycles. The summed E-state index contributed by atoms with van der Waals surface area (Å²) in [7, 11) is -3.01. The van der Waals surface area contributed by atoms with Crippen LogP contribution in [0.4, 0.5) is 0 Å². The van der Waals surface area contributed by atoms with E-state index in [2.05, 4.69) is 10.2 Å². The summed E-state index contributed by atoms with van der Waals surface area (Å²) in [5.41, 5.74) is 0. The number of likely N-dealkylation sites (tertiary alicyclic amines) is 1. The van der Waals surface area contributed by atoms with Crippen molar-refractivity contribution in [2.45, 2.75) is 38.1 Å². The van der Waals surface area contributed by atoms with Crippen molar-refractivity contribution in [3.8, 4) is 0 Å². The zero-order valence-corrected chi connectivity index (χ0v) is 13.9. The number of rotatable bonds is 3. The van der Waals surface area contributed by atoms with Crippen LogP contribution in [0.5, 0.6) is 0 Å². The van der Waals surface area contributed by atoms with Gasteiger partial charge >= 0.3 is 0 Å². The van der Waals surface area contributed by atoms with E-state index in [0.29, 0.717) is 12.5 Å². The van der Waals surface area contributed by atoms with Gasteiger partial charge in [-0.2, -0.15) is 0 Å². The Morgan fingerprint density at radius 3 is 2.76 bits per heavy atom. The van der Waals surface area contributed by atoms with E-state index >= 15 is 0 Å². The van der Waals surface area contributed by atoms with E-state index in [0.717, 1.165) is 31.5 Å². The number of piperidine rings is 3. The second kappa shape index (κ2) is 6.52. The fraction of sp³-hybridized carbons (Fsp3) is 1.00. The maximum Gasteiger partial charge on any atom is 0.211 e. The van der Waals surface area contributed by atoms with E-state index in [9.17, 15) is 8.42 Å². The zero-order chi connectivity index (χ0) is 14.9. The Labute approximate surface area is 129 Å². The lowest BCUT2D eigenvalue weighted by atomic mass is 9.85. The largest absolute Gasteiger partial charge is 0.314 e. The van der Waals surface area contributed by atoms with E-state index in [4.69, 9.17) is 0 Å². The molecule has 3 saturated heterocycles. The van der Waals surface area contributed by atoms with Crippen LogP contribution in [-0.2, 0) is 10.0 Å². The lowest BCUT2D eigenvalue weighted by molar-refractivity contribution is 0.0891. The third-order valence-electron chi connectivity index (χ3n) is 5.44. The van der Waals surface area contributed by atoms with Gasteiger partial charge in [-0.25, -0.2) is 12.7 Å². The molecule has 3 rings (SSSR count). The molecular weight excluding hydrogens is 286 g/mol. The van der Waals surface area contributed by atoms with Crippen molar-refractivity contribution in [1.29, 1.82) is 0 Å². The molecule has 0 spiro atoms. The maximum atomic E-state index is 11.7. The topological polar surface area (TPSA) is 52.7 Å². The summed E-state index contributed by atoms with van der Waals surface area (Å²) < 4.78 is 25.1. The van der Waals surface area contributed by atoms with Crippen LogP contribution in [0, 0.1) is 11.8 Å². The second-order valence-electron chi connectivity index (χ2n) is 7.14. The smallest absolute Gasteiger partial charge is 0.211 e. The van der Waals surface area contributed by atoms with Gasteiger partial charge in [-0.3, -0.25) is 0 Å². The number of fused-ring (bicyclic) bond motifs is 1. The van der Waals surface area contributed by atoms with Gasteiger partial charge in [-0.1, -0.05) is 0 Å². The van der Waals surface area contributed by atoms with Gasteiger partial charge in [0, 0.05) is 32.2 Å². The van der Waals surface area contributed by atoms with Crippen LogP contribution in [0.2, 0.25) is 0 Å². The van der Waals surface area contributed by atoms with Crippen molar-refractivity contribution >= 4 is 10.0 Å². The van der Waals surface area contributed by atoms with Crippen LogP contribution in [0.1, 0.15) is 32.1 Å². The highest BCUT2D eigenvalue weighted by atomic mass is 32.2. The molecule has 0 saturated carbocycles. The molecule has 0 aromatic carbocycles. The Kier molecular flexibility index (Phi) is 4.88. The Bertz CT molecular complexity index is 454. The minimum Gasteiger partial charge on any atom is -0.314 e. The van der Waals surface area contributed by atoms with Gasteiger partial charge in [0.05, 0.1) is 6.26 Å². The molecule has 3 heterocycles. The first-order valence-corrected chi connectivity index (χ1v) is 10.3. The number of hydrogen-bond donors (Lipinski definition) is 1. The SMILES string of the molecule is CS(=O)(=O)N1CCCC(CN2CCC3NCCCC3C2)C1. The average molecular weight is 315 g/mol. The van der Waals surface area contributed by atoms with Gasteiger partial charge in [0.15, 0.2) is 0 Å².